The lowest BCUT2D eigenvalue weighted by Gasteiger charge is -2.37. The van der Waals surface area contributed by atoms with E-state index in [-0.39, 0.29) is 5.91 Å². The zero-order valence-electron chi connectivity index (χ0n) is 14.7. The topological polar surface area (TPSA) is 67.2 Å². The van der Waals surface area contributed by atoms with Crippen LogP contribution in [0.3, 0.4) is 0 Å². The number of carbonyl (C=O) groups is 1. The summed E-state index contributed by atoms with van der Waals surface area (Å²) in [6.45, 7) is 4.38. The second-order valence-corrected chi connectivity index (χ2v) is 7.19. The first-order valence-electron chi connectivity index (χ1n) is 8.89. The van der Waals surface area contributed by atoms with Crippen molar-refractivity contribution in [2.24, 2.45) is 5.92 Å². The largest absolute Gasteiger partial charge is 0.337 e. The molecule has 4 rings (SSSR count). The second kappa shape index (κ2) is 6.55. The summed E-state index contributed by atoms with van der Waals surface area (Å²) in [6, 6.07) is 2.99. The van der Waals surface area contributed by atoms with E-state index >= 15 is 0 Å². The lowest BCUT2D eigenvalue weighted by Crippen LogP contribution is -2.48. The van der Waals surface area contributed by atoms with Crippen LogP contribution in [0, 0.1) is 12.8 Å². The summed E-state index contributed by atoms with van der Waals surface area (Å²) in [6.07, 6.45) is 9.20. The zero-order chi connectivity index (χ0) is 17.4. The van der Waals surface area contributed by atoms with Crippen molar-refractivity contribution >= 4 is 5.91 Å². The number of likely N-dealkylation sites (N-methyl/N-ethyl adjacent to an activating group) is 1. The lowest BCUT2D eigenvalue weighted by atomic mass is 9.92. The van der Waals surface area contributed by atoms with Gasteiger partial charge in [-0.3, -0.25) is 19.4 Å². The molecule has 2 aromatic heterocycles. The number of hydrogen-bond acceptors (Lipinski definition) is 5. The Morgan fingerprint density at radius 2 is 2.20 bits per heavy atom. The van der Waals surface area contributed by atoms with E-state index < -0.39 is 0 Å². The zero-order valence-corrected chi connectivity index (χ0v) is 14.7. The SMILES string of the molecule is Cc1cnc(C(=O)N2CC[C@@H]3[C@@H](CC(Cn4cccn4)N3C)C2)cn1. The van der Waals surface area contributed by atoms with Crippen LogP contribution in [0.5, 0.6) is 0 Å². The van der Waals surface area contributed by atoms with Gasteiger partial charge in [0.2, 0.25) is 0 Å². The molecule has 2 aliphatic heterocycles. The Balaban J connectivity index is 1.42. The van der Waals surface area contributed by atoms with Crippen LogP contribution in [0.2, 0.25) is 0 Å². The smallest absolute Gasteiger partial charge is 0.274 e. The fourth-order valence-corrected chi connectivity index (χ4v) is 4.25. The number of carbonyl (C=O) groups excluding carboxylic acids is 1. The molecule has 25 heavy (non-hydrogen) atoms. The van der Waals surface area contributed by atoms with Gasteiger partial charge in [-0.15, -0.1) is 0 Å². The van der Waals surface area contributed by atoms with Crippen molar-refractivity contribution in [1.29, 1.82) is 0 Å². The normalized spacial score (nSPS) is 26.6. The van der Waals surface area contributed by atoms with E-state index in [1.807, 2.05) is 35.0 Å². The van der Waals surface area contributed by atoms with Crippen LogP contribution in [0.4, 0.5) is 0 Å². The number of rotatable bonds is 3. The number of amides is 1. The lowest BCUT2D eigenvalue weighted by molar-refractivity contribution is 0.0601. The molecule has 7 nitrogen and oxygen atoms in total. The molecule has 2 aliphatic rings. The van der Waals surface area contributed by atoms with Crippen LogP contribution in [-0.2, 0) is 6.54 Å². The number of aromatic nitrogens is 4. The van der Waals surface area contributed by atoms with E-state index in [4.69, 9.17) is 0 Å². The maximum Gasteiger partial charge on any atom is 0.274 e. The predicted octanol–water partition coefficient (Wildman–Crippen LogP) is 1.22. The van der Waals surface area contributed by atoms with Crippen LogP contribution < -0.4 is 0 Å². The highest BCUT2D eigenvalue weighted by Crippen LogP contribution is 2.35. The molecule has 0 spiro atoms. The minimum absolute atomic E-state index is 0.00382. The van der Waals surface area contributed by atoms with Crippen molar-refractivity contribution in [3.63, 3.8) is 0 Å². The van der Waals surface area contributed by atoms with E-state index in [0.717, 1.165) is 38.2 Å². The first kappa shape index (κ1) is 16.2. The number of aryl methyl sites for hydroxylation is 1. The summed E-state index contributed by atoms with van der Waals surface area (Å²) in [5.41, 5.74) is 1.28. The molecular formula is C18H24N6O. The van der Waals surface area contributed by atoms with Crippen LogP contribution in [0.25, 0.3) is 0 Å². The highest BCUT2D eigenvalue weighted by molar-refractivity contribution is 5.92. The van der Waals surface area contributed by atoms with Crippen molar-refractivity contribution in [2.45, 2.75) is 38.4 Å². The molecule has 0 aliphatic carbocycles. The Bertz CT molecular complexity index is 729. The number of nitrogens with zero attached hydrogens (tertiary/aromatic N) is 6. The standard InChI is InChI=1S/C18H24N6O/c1-13-9-20-16(10-19-13)18(25)23-7-4-17-14(11-23)8-15(22(17)2)12-24-6-3-5-21-24/h3,5-6,9-10,14-15,17H,4,7-8,11-12H2,1-2H3/t14-,15?,17+/m0/s1. The summed E-state index contributed by atoms with van der Waals surface area (Å²) >= 11 is 0. The minimum Gasteiger partial charge on any atom is -0.337 e. The Morgan fingerprint density at radius 3 is 2.92 bits per heavy atom. The average molecular weight is 340 g/mol. The molecule has 1 amide bonds. The van der Waals surface area contributed by atoms with Gasteiger partial charge in [-0.05, 0) is 38.8 Å². The third kappa shape index (κ3) is 3.16. The van der Waals surface area contributed by atoms with E-state index in [9.17, 15) is 4.79 Å². The van der Waals surface area contributed by atoms with E-state index in [0.29, 0.717) is 23.7 Å². The summed E-state index contributed by atoms with van der Waals surface area (Å²) in [4.78, 5) is 25.6. The van der Waals surface area contributed by atoms with Crippen molar-refractivity contribution < 1.29 is 4.79 Å². The molecule has 1 unspecified atom stereocenters. The van der Waals surface area contributed by atoms with Crippen LogP contribution in [0.15, 0.2) is 30.9 Å². The van der Waals surface area contributed by atoms with Gasteiger partial charge in [-0.25, -0.2) is 4.98 Å². The molecule has 0 saturated carbocycles. The fourth-order valence-electron chi connectivity index (χ4n) is 4.25. The van der Waals surface area contributed by atoms with Crippen LogP contribution in [0.1, 0.15) is 29.0 Å². The molecule has 132 valence electrons. The van der Waals surface area contributed by atoms with Crippen molar-refractivity contribution in [3.05, 3.63) is 42.2 Å². The van der Waals surface area contributed by atoms with E-state index in [1.165, 1.54) is 0 Å². The van der Waals surface area contributed by atoms with Crippen molar-refractivity contribution in [2.75, 3.05) is 20.1 Å². The molecule has 0 bridgehead atoms. The Morgan fingerprint density at radius 1 is 1.32 bits per heavy atom. The monoisotopic (exact) mass is 340 g/mol. The number of hydrogen-bond donors (Lipinski definition) is 0. The molecule has 2 aromatic rings. The van der Waals surface area contributed by atoms with Gasteiger partial charge in [0.25, 0.3) is 5.91 Å². The van der Waals surface area contributed by atoms with Gasteiger partial charge in [0.1, 0.15) is 5.69 Å². The Hall–Kier alpha value is -2.28. The Kier molecular flexibility index (Phi) is 4.25. The maximum absolute atomic E-state index is 12.7. The first-order valence-corrected chi connectivity index (χ1v) is 8.89. The van der Waals surface area contributed by atoms with Gasteiger partial charge in [0, 0.05) is 43.8 Å². The summed E-state index contributed by atoms with van der Waals surface area (Å²) < 4.78 is 2.00. The fraction of sp³-hybridized carbons (Fsp3) is 0.556. The van der Waals surface area contributed by atoms with E-state index in [1.54, 1.807) is 12.4 Å². The second-order valence-electron chi connectivity index (χ2n) is 7.19. The van der Waals surface area contributed by atoms with Crippen molar-refractivity contribution in [1.82, 2.24) is 29.5 Å². The van der Waals surface area contributed by atoms with Crippen molar-refractivity contribution in [3.8, 4) is 0 Å². The van der Waals surface area contributed by atoms with Gasteiger partial charge in [0.05, 0.1) is 18.4 Å². The number of likely N-dealkylation sites (tertiary alicyclic amines) is 2. The molecule has 4 heterocycles. The van der Waals surface area contributed by atoms with Gasteiger partial charge in [-0.1, -0.05) is 0 Å². The number of piperidine rings is 1. The predicted molar refractivity (Wildman–Crippen MR) is 93.0 cm³/mol. The average Bonchev–Trinajstić information content (AvgIpc) is 3.24. The molecule has 2 fully saturated rings. The van der Waals surface area contributed by atoms with Crippen LogP contribution >= 0.6 is 0 Å². The molecule has 0 N–H and O–H groups in total. The van der Waals surface area contributed by atoms with Gasteiger partial charge in [0.15, 0.2) is 0 Å². The quantitative estimate of drug-likeness (QED) is 0.840. The maximum atomic E-state index is 12.7. The van der Waals surface area contributed by atoms with Gasteiger partial charge in [-0.2, -0.15) is 5.10 Å². The minimum atomic E-state index is 0.00382. The van der Waals surface area contributed by atoms with Gasteiger partial charge >= 0.3 is 0 Å². The summed E-state index contributed by atoms with van der Waals surface area (Å²) in [7, 11) is 2.21. The van der Waals surface area contributed by atoms with Crippen LogP contribution in [-0.4, -0.2) is 67.7 Å². The third-order valence-electron chi connectivity index (χ3n) is 5.61. The molecule has 7 heteroatoms. The molecule has 0 aromatic carbocycles. The summed E-state index contributed by atoms with van der Waals surface area (Å²) in [5, 5.41) is 4.33. The Labute approximate surface area is 147 Å². The molecular weight excluding hydrogens is 316 g/mol. The summed E-state index contributed by atoms with van der Waals surface area (Å²) in [5.74, 6) is 0.519. The highest BCUT2D eigenvalue weighted by Gasteiger charge is 2.43. The third-order valence-corrected chi connectivity index (χ3v) is 5.61. The van der Waals surface area contributed by atoms with Gasteiger partial charge < -0.3 is 4.90 Å². The molecule has 0 radical (unpaired) electrons. The molecule has 3 atom stereocenters. The first-order chi connectivity index (χ1) is 12.1. The number of fused-ring (bicyclic) bond motifs is 1. The van der Waals surface area contributed by atoms with E-state index in [2.05, 4.69) is 27.0 Å². The highest BCUT2D eigenvalue weighted by atomic mass is 16.2. The molecule has 2 saturated heterocycles.